The number of hydrogen-bond donors (Lipinski definition) is 1. The first-order chi connectivity index (χ1) is 9.63. The molecule has 1 fully saturated rings. The summed E-state index contributed by atoms with van der Waals surface area (Å²) < 4.78 is 6.05. The van der Waals surface area contributed by atoms with Crippen LogP contribution < -0.4 is 5.32 Å². The lowest BCUT2D eigenvalue weighted by Crippen LogP contribution is -2.33. The van der Waals surface area contributed by atoms with Gasteiger partial charge in [-0.3, -0.25) is 0 Å². The van der Waals surface area contributed by atoms with Crippen molar-refractivity contribution in [3.8, 4) is 0 Å². The molecule has 114 valence electrons. The fraction of sp³-hybridized carbons (Fsp3) is 0.778. The summed E-state index contributed by atoms with van der Waals surface area (Å²) in [6.45, 7) is 10.3. The first-order valence-corrected chi connectivity index (χ1v) is 8.46. The van der Waals surface area contributed by atoms with Gasteiger partial charge in [0.25, 0.3) is 0 Å². The highest BCUT2D eigenvalue weighted by Crippen LogP contribution is 2.40. The summed E-state index contributed by atoms with van der Waals surface area (Å²) in [4.78, 5) is 0. The van der Waals surface area contributed by atoms with Crippen LogP contribution in [0.4, 0.5) is 0 Å². The first-order valence-electron chi connectivity index (χ1n) is 8.46. The molecule has 1 saturated carbocycles. The number of aryl methyl sites for hydroxylation is 1. The average molecular weight is 277 g/mol. The Morgan fingerprint density at radius 3 is 2.40 bits per heavy atom. The van der Waals surface area contributed by atoms with Crippen LogP contribution in [-0.2, 0) is 6.42 Å². The Bertz CT molecular complexity index is 388. The van der Waals surface area contributed by atoms with Crippen molar-refractivity contribution in [2.24, 2.45) is 17.8 Å². The molecule has 2 heteroatoms. The number of furan rings is 1. The van der Waals surface area contributed by atoms with Gasteiger partial charge in [0.15, 0.2) is 0 Å². The van der Waals surface area contributed by atoms with E-state index in [1.54, 1.807) is 0 Å². The molecule has 20 heavy (non-hydrogen) atoms. The highest BCUT2D eigenvalue weighted by molar-refractivity contribution is 5.12. The Morgan fingerprint density at radius 1 is 1.15 bits per heavy atom. The molecule has 0 aliphatic heterocycles. The van der Waals surface area contributed by atoms with Crippen LogP contribution in [0, 0.1) is 17.8 Å². The standard InChI is InChI=1S/C18H31NO/c1-5-9-19-18(17-8-7-16(6-2)20-17)15-11-13(3)10-14(4)12-15/h7-8,13-15,18-19H,5-6,9-12H2,1-4H3. The molecule has 0 aromatic carbocycles. The topological polar surface area (TPSA) is 25.2 Å². The molecule has 3 atom stereocenters. The van der Waals surface area contributed by atoms with Crippen molar-refractivity contribution in [1.29, 1.82) is 0 Å². The molecule has 2 nitrogen and oxygen atoms in total. The van der Waals surface area contributed by atoms with E-state index >= 15 is 0 Å². The van der Waals surface area contributed by atoms with Gasteiger partial charge in [0, 0.05) is 6.42 Å². The van der Waals surface area contributed by atoms with Crippen molar-refractivity contribution < 1.29 is 4.42 Å². The zero-order valence-corrected chi connectivity index (χ0v) is 13.6. The average Bonchev–Trinajstić information content (AvgIpc) is 2.87. The van der Waals surface area contributed by atoms with E-state index in [-0.39, 0.29) is 0 Å². The lowest BCUT2D eigenvalue weighted by molar-refractivity contribution is 0.163. The quantitative estimate of drug-likeness (QED) is 0.795. The molecule has 1 heterocycles. The fourth-order valence-electron chi connectivity index (χ4n) is 3.83. The third kappa shape index (κ3) is 3.88. The molecule has 1 aromatic heterocycles. The molecule has 1 N–H and O–H groups in total. The van der Waals surface area contributed by atoms with Crippen LogP contribution in [0.1, 0.15) is 70.9 Å². The molecule has 1 aliphatic rings. The van der Waals surface area contributed by atoms with Gasteiger partial charge in [-0.1, -0.05) is 27.7 Å². The Labute approximate surface area is 124 Å². The Hall–Kier alpha value is -0.760. The SMILES string of the molecule is CCCNC(c1ccc(CC)o1)C1CC(C)CC(C)C1. The summed E-state index contributed by atoms with van der Waals surface area (Å²) in [5, 5.41) is 3.74. The fourth-order valence-corrected chi connectivity index (χ4v) is 3.83. The van der Waals surface area contributed by atoms with E-state index in [2.05, 4.69) is 45.1 Å². The van der Waals surface area contributed by atoms with Crippen LogP contribution in [0.2, 0.25) is 0 Å². The predicted octanol–water partition coefficient (Wildman–Crippen LogP) is 4.96. The maximum Gasteiger partial charge on any atom is 0.121 e. The van der Waals surface area contributed by atoms with Gasteiger partial charge in [-0.15, -0.1) is 0 Å². The van der Waals surface area contributed by atoms with Crippen molar-refractivity contribution in [3.63, 3.8) is 0 Å². The van der Waals surface area contributed by atoms with Crippen molar-refractivity contribution in [2.45, 2.75) is 65.8 Å². The van der Waals surface area contributed by atoms with Crippen LogP contribution >= 0.6 is 0 Å². The first kappa shape index (κ1) is 15.6. The Kier molecular flexibility index (Phi) is 5.71. The van der Waals surface area contributed by atoms with Gasteiger partial charge in [-0.25, -0.2) is 0 Å². The molecular weight excluding hydrogens is 246 g/mol. The van der Waals surface area contributed by atoms with Crippen molar-refractivity contribution >= 4 is 0 Å². The van der Waals surface area contributed by atoms with Crippen LogP contribution in [0.5, 0.6) is 0 Å². The van der Waals surface area contributed by atoms with Crippen molar-refractivity contribution in [3.05, 3.63) is 23.7 Å². The van der Waals surface area contributed by atoms with E-state index < -0.39 is 0 Å². The smallest absolute Gasteiger partial charge is 0.121 e. The zero-order valence-electron chi connectivity index (χ0n) is 13.6. The summed E-state index contributed by atoms with van der Waals surface area (Å²) in [6.07, 6.45) is 6.20. The van der Waals surface area contributed by atoms with E-state index in [0.717, 1.165) is 42.2 Å². The largest absolute Gasteiger partial charge is 0.464 e. The van der Waals surface area contributed by atoms with Gasteiger partial charge < -0.3 is 9.73 Å². The number of nitrogens with one attached hydrogen (secondary N) is 1. The summed E-state index contributed by atoms with van der Waals surface area (Å²) >= 11 is 0. The summed E-state index contributed by atoms with van der Waals surface area (Å²) in [5.41, 5.74) is 0. The van der Waals surface area contributed by atoms with Crippen LogP contribution in [-0.4, -0.2) is 6.54 Å². The molecule has 0 radical (unpaired) electrons. The second kappa shape index (κ2) is 7.31. The second-order valence-corrected chi connectivity index (χ2v) is 6.77. The number of rotatable bonds is 6. The third-order valence-electron chi connectivity index (χ3n) is 4.64. The van der Waals surface area contributed by atoms with Gasteiger partial charge in [-0.2, -0.15) is 0 Å². The molecule has 1 aromatic rings. The zero-order chi connectivity index (χ0) is 14.5. The van der Waals surface area contributed by atoms with E-state index in [1.165, 1.54) is 25.7 Å². The van der Waals surface area contributed by atoms with Crippen molar-refractivity contribution in [1.82, 2.24) is 5.32 Å². The van der Waals surface area contributed by atoms with Crippen LogP contribution in [0.3, 0.4) is 0 Å². The van der Waals surface area contributed by atoms with Gasteiger partial charge >= 0.3 is 0 Å². The Balaban J connectivity index is 2.13. The molecule has 0 saturated heterocycles. The van der Waals surface area contributed by atoms with Crippen LogP contribution in [0.25, 0.3) is 0 Å². The van der Waals surface area contributed by atoms with Gasteiger partial charge in [0.2, 0.25) is 0 Å². The monoisotopic (exact) mass is 277 g/mol. The predicted molar refractivity (Wildman–Crippen MR) is 84.8 cm³/mol. The van der Waals surface area contributed by atoms with E-state index in [9.17, 15) is 0 Å². The minimum absolute atomic E-state index is 0.403. The molecule has 2 rings (SSSR count). The lowest BCUT2D eigenvalue weighted by atomic mass is 9.73. The van der Waals surface area contributed by atoms with Crippen molar-refractivity contribution in [2.75, 3.05) is 6.54 Å². The molecule has 3 unspecified atom stereocenters. The molecule has 0 spiro atoms. The molecular formula is C18H31NO. The minimum Gasteiger partial charge on any atom is -0.464 e. The van der Waals surface area contributed by atoms with E-state index in [4.69, 9.17) is 4.42 Å². The molecule has 1 aliphatic carbocycles. The minimum atomic E-state index is 0.403. The van der Waals surface area contributed by atoms with Gasteiger partial charge in [0.05, 0.1) is 6.04 Å². The summed E-state index contributed by atoms with van der Waals surface area (Å²) in [5.74, 6) is 4.67. The lowest BCUT2D eigenvalue weighted by Gasteiger charge is -2.36. The Morgan fingerprint density at radius 2 is 1.85 bits per heavy atom. The molecule has 0 amide bonds. The van der Waals surface area contributed by atoms with Gasteiger partial charge in [0.1, 0.15) is 11.5 Å². The van der Waals surface area contributed by atoms with E-state index in [1.807, 2.05) is 0 Å². The van der Waals surface area contributed by atoms with Gasteiger partial charge in [-0.05, 0) is 62.1 Å². The third-order valence-corrected chi connectivity index (χ3v) is 4.64. The van der Waals surface area contributed by atoms with E-state index in [0.29, 0.717) is 6.04 Å². The molecule has 0 bridgehead atoms. The normalized spacial score (nSPS) is 28.5. The number of hydrogen-bond acceptors (Lipinski definition) is 2. The van der Waals surface area contributed by atoms with Crippen LogP contribution in [0.15, 0.2) is 16.5 Å². The second-order valence-electron chi connectivity index (χ2n) is 6.77. The summed E-state index contributed by atoms with van der Waals surface area (Å²) in [7, 11) is 0. The summed E-state index contributed by atoms with van der Waals surface area (Å²) in [6, 6.07) is 4.74. The maximum atomic E-state index is 6.05. The highest BCUT2D eigenvalue weighted by atomic mass is 16.3. The highest BCUT2D eigenvalue weighted by Gasteiger charge is 2.32. The maximum absolute atomic E-state index is 6.05.